The molecule has 0 spiro atoms. The highest BCUT2D eigenvalue weighted by Gasteiger charge is 2.18. The monoisotopic (exact) mass is 458 g/mol. The zero-order valence-electron chi connectivity index (χ0n) is 18.8. The Bertz CT molecular complexity index is 1370. The lowest BCUT2D eigenvalue weighted by Gasteiger charge is -2.33. The van der Waals surface area contributed by atoms with Crippen LogP contribution in [-0.4, -0.2) is 58.1 Å². The number of H-pyrrole nitrogens is 1. The first-order valence-electron chi connectivity index (χ1n) is 10.9. The molecule has 10 heteroatoms. The summed E-state index contributed by atoms with van der Waals surface area (Å²) in [4.78, 5) is 20.3. The number of aryl methyl sites for hydroxylation is 1. The van der Waals surface area contributed by atoms with Gasteiger partial charge in [-0.05, 0) is 44.3 Å². The van der Waals surface area contributed by atoms with Gasteiger partial charge in [0.05, 0.1) is 11.9 Å². The van der Waals surface area contributed by atoms with Crippen LogP contribution in [0, 0.1) is 24.1 Å². The smallest absolute Gasteiger partial charge is 0.242 e. The Morgan fingerprint density at radius 1 is 1.12 bits per heavy atom. The molecule has 34 heavy (non-hydrogen) atoms. The van der Waals surface area contributed by atoms with Gasteiger partial charge in [-0.25, -0.2) is 19.3 Å². The van der Waals surface area contributed by atoms with Crippen molar-refractivity contribution < 1.29 is 9.13 Å². The molecule has 3 aromatic heterocycles. The Labute approximate surface area is 195 Å². The van der Waals surface area contributed by atoms with Gasteiger partial charge in [-0.15, -0.1) is 0 Å². The molecule has 0 aliphatic carbocycles. The Morgan fingerprint density at radius 2 is 1.94 bits per heavy atom. The molecular weight excluding hydrogens is 435 g/mol. The second-order valence-corrected chi connectivity index (χ2v) is 8.22. The van der Waals surface area contributed by atoms with E-state index in [1.54, 1.807) is 18.3 Å². The maximum atomic E-state index is 15.0. The van der Waals surface area contributed by atoms with Gasteiger partial charge >= 0.3 is 0 Å². The SMILES string of the molecule is Cc1cc2c(F)c(Oc3ncnc(Nc4ccc(N5CCN(C)CC5)cn4)c3C#N)ccc2[nH]1. The third-order valence-electron chi connectivity index (χ3n) is 5.83. The van der Waals surface area contributed by atoms with E-state index >= 15 is 0 Å². The number of hydrogen-bond donors (Lipinski definition) is 2. The van der Waals surface area contributed by atoms with Crippen molar-refractivity contribution in [3.63, 3.8) is 0 Å². The standard InChI is InChI=1S/C24H23FN8O/c1-15-11-17-19(30-15)4-5-20(22(17)25)34-24-18(12-26)23(28-14-29-24)31-21-6-3-16(13-27-21)33-9-7-32(2)8-10-33/h3-6,11,13-14,30H,7-10H2,1-2H3,(H,27,28,29,31). The number of aromatic amines is 1. The van der Waals surface area contributed by atoms with Crippen molar-refractivity contribution in [1.29, 1.82) is 5.26 Å². The van der Waals surface area contributed by atoms with E-state index in [-0.39, 0.29) is 23.0 Å². The molecule has 1 saturated heterocycles. The van der Waals surface area contributed by atoms with Crippen LogP contribution in [0.3, 0.4) is 0 Å². The highest BCUT2D eigenvalue weighted by Crippen LogP contribution is 2.33. The molecule has 172 valence electrons. The normalized spacial score (nSPS) is 14.2. The molecule has 0 bridgehead atoms. The number of halogens is 1. The summed E-state index contributed by atoms with van der Waals surface area (Å²) < 4.78 is 20.7. The summed E-state index contributed by atoms with van der Waals surface area (Å²) in [5.41, 5.74) is 2.59. The second kappa shape index (κ2) is 8.96. The van der Waals surface area contributed by atoms with E-state index < -0.39 is 5.82 Å². The lowest BCUT2D eigenvalue weighted by Crippen LogP contribution is -2.44. The summed E-state index contributed by atoms with van der Waals surface area (Å²) in [7, 11) is 2.11. The molecule has 5 rings (SSSR count). The quantitative estimate of drug-likeness (QED) is 0.463. The number of nitrogens with zero attached hydrogens (tertiary/aromatic N) is 6. The summed E-state index contributed by atoms with van der Waals surface area (Å²) in [6.45, 7) is 5.75. The van der Waals surface area contributed by atoms with Crippen molar-refractivity contribution in [1.82, 2.24) is 24.8 Å². The van der Waals surface area contributed by atoms with E-state index in [9.17, 15) is 9.65 Å². The molecule has 1 aliphatic rings. The summed E-state index contributed by atoms with van der Waals surface area (Å²) in [6.07, 6.45) is 3.05. The summed E-state index contributed by atoms with van der Waals surface area (Å²) in [5, 5.41) is 13.2. The van der Waals surface area contributed by atoms with E-state index in [1.807, 2.05) is 19.1 Å². The maximum absolute atomic E-state index is 15.0. The third-order valence-corrected chi connectivity index (χ3v) is 5.83. The first-order valence-corrected chi connectivity index (χ1v) is 10.9. The van der Waals surface area contributed by atoms with Crippen molar-refractivity contribution in [3.05, 3.63) is 59.9 Å². The van der Waals surface area contributed by atoms with Crippen LogP contribution in [0.1, 0.15) is 11.3 Å². The van der Waals surface area contributed by atoms with Gasteiger partial charge in [-0.2, -0.15) is 5.26 Å². The van der Waals surface area contributed by atoms with Crippen LogP contribution >= 0.6 is 0 Å². The fourth-order valence-corrected chi connectivity index (χ4v) is 3.95. The molecule has 4 aromatic rings. The number of aromatic nitrogens is 4. The lowest BCUT2D eigenvalue weighted by molar-refractivity contribution is 0.313. The highest BCUT2D eigenvalue weighted by atomic mass is 19.1. The highest BCUT2D eigenvalue weighted by molar-refractivity contribution is 5.83. The van der Waals surface area contributed by atoms with Gasteiger partial charge in [0.1, 0.15) is 18.2 Å². The van der Waals surface area contributed by atoms with Gasteiger partial charge < -0.3 is 24.8 Å². The molecule has 2 N–H and O–H groups in total. The van der Waals surface area contributed by atoms with Crippen LogP contribution in [0.2, 0.25) is 0 Å². The van der Waals surface area contributed by atoms with Crippen LogP contribution in [0.4, 0.5) is 21.7 Å². The van der Waals surface area contributed by atoms with Crippen LogP contribution in [0.5, 0.6) is 11.6 Å². The number of pyridine rings is 1. The van der Waals surface area contributed by atoms with Crippen LogP contribution in [-0.2, 0) is 0 Å². The van der Waals surface area contributed by atoms with Crippen molar-refractivity contribution in [2.45, 2.75) is 6.92 Å². The van der Waals surface area contributed by atoms with Crippen LogP contribution in [0.25, 0.3) is 10.9 Å². The fraction of sp³-hybridized carbons (Fsp3) is 0.250. The molecule has 1 aromatic carbocycles. The van der Waals surface area contributed by atoms with Crippen LogP contribution < -0.4 is 15.0 Å². The van der Waals surface area contributed by atoms with E-state index in [1.165, 1.54) is 12.4 Å². The van der Waals surface area contributed by atoms with E-state index in [2.05, 4.69) is 48.2 Å². The van der Waals surface area contributed by atoms with Gasteiger partial charge in [0.2, 0.25) is 5.88 Å². The van der Waals surface area contributed by atoms with Gasteiger partial charge in [-0.1, -0.05) is 0 Å². The van der Waals surface area contributed by atoms with Gasteiger partial charge in [0.15, 0.2) is 22.9 Å². The zero-order chi connectivity index (χ0) is 23.7. The molecule has 4 heterocycles. The predicted octanol–water partition coefficient (Wildman–Crippen LogP) is 3.96. The number of rotatable bonds is 5. The number of hydrogen-bond acceptors (Lipinski definition) is 8. The van der Waals surface area contributed by atoms with Gasteiger partial charge in [0, 0.05) is 42.8 Å². The third kappa shape index (κ3) is 4.21. The fourth-order valence-electron chi connectivity index (χ4n) is 3.95. The van der Waals surface area contributed by atoms with E-state index in [4.69, 9.17) is 4.74 Å². The zero-order valence-corrected chi connectivity index (χ0v) is 18.8. The van der Waals surface area contributed by atoms with E-state index in [0.29, 0.717) is 16.7 Å². The number of nitrogens with one attached hydrogen (secondary N) is 2. The average Bonchev–Trinajstić information content (AvgIpc) is 3.23. The first kappa shape index (κ1) is 21.6. The Balaban J connectivity index is 1.37. The Kier molecular flexibility index (Phi) is 5.69. The molecular formula is C24H23FN8O. The number of likely N-dealkylation sites (N-methyl/N-ethyl adjacent to an activating group) is 1. The van der Waals surface area contributed by atoms with Gasteiger partial charge in [0.25, 0.3) is 0 Å². The Hall–Kier alpha value is -4.23. The van der Waals surface area contributed by atoms with Crippen molar-refractivity contribution in [2.75, 3.05) is 43.4 Å². The molecule has 0 atom stereocenters. The van der Waals surface area contributed by atoms with E-state index in [0.717, 1.165) is 37.6 Å². The summed E-state index contributed by atoms with van der Waals surface area (Å²) in [6, 6.07) is 10.8. The molecule has 1 aliphatic heterocycles. The molecule has 0 radical (unpaired) electrons. The maximum Gasteiger partial charge on any atom is 0.242 e. The van der Waals surface area contributed by atoms with Crippen LogP contribution in [0.15, 0.2) is 42.9 Å². The lowest BCUT2D eigenvalue weighted by atomic mass is 10.2. The predicted molar refractivity (Wildman–Crippen MR) is 127 cm³/mol. The Morgan fingerprint density at radius 3 is 2.68 bits per heavy atom. The minimum absolute atomic E-state index is 0.0256. The van der Waals surface area contributed by atoms with Crippen molar-refractivity contribution in [2.24, 2.45) is 0 Å². The molecule has 0 unspecified atom stereocenters. The minimum Gasteiger partial charge on any atom is -0.434 e. The summed E-state index contributed by atoms with van der Waals surface area (Å²) in [5.74, 6) is 0.155. The number of anilines is 3. The molecule has 0 amide bonds. The topological polar surface area (TPSA) is 106 Å². The summed E-state index contributed by atoms with van der Waals surface area (Å²) >= 11 is 0. The molecule has 0 saturated carbocycles. The number of nitriles is 1. The van der Waals surface area contributed by atoms with Crippen molar-refractivity contribution >= 4 is 28.2 Å². The first-order chi connectivity index (χ1) is 16.5. The minimum atomic E-state index is -0.528. The molecule has 1 fully saturated rings. The largest absolute Gasteiger partial charge is 0.434 e. The molecule has 9 nitrogen and oxygen atoms in total. The van der Waals surface area contributed by atoms with Gasteiger partial charge in [-0.3, -0.25) is 0 Å². The average molecular weight is 459 g/mol. The second-order valence-electron chi connectivity index (χ2n) is 8.22. The van der Waals surface area contributed by atoms with Crippen molar-refractivity contribution in [3.8, 4) is 17.7 Å². The number of ether oxygens (including phenoxy) is 1. The number of piperazine rings is 1. The number of benzene rings is 1. The number of fused-ring (bicyclic) bond motifs is 1.